The van der Waals surface area contributed by atoms with Gasteiger partial charge in [-0.3, -0.25) is 4.79 Å². The Morgan fingerprint density at radius 2 is 2.04 bits per heavy atom. The Morgan fingerprint density at radius 3 is 2.65 bits per heavy atom. The Balaban J connectivity index is 2.49. The monoisotopic (exact) mass is 351 g/mol. The zero-order chi connectivity index (χ0) is 16.8. The average molecular weight is 352 g/mol. The summed E-state index contributed by atoms with van der Waals surface area (Å²) in [5.41, 5.74) is 1.80. The molecule has 6 nitrogen and oxygen atoms in total. The van der Waals surface area contributed by atoms with Crippen LogP contribution in [0.25, 0.3) is 21.8 Å². The Bertz CT molecular complexity index is 1040. The number of amides is 1. The van der Waals surface area contributed by atoms with Gasteiger partial charge in [0.1, 0.15) is 0 Å². The van der Waals surface area contributed by atoms with Crippen LogP contribution in [0.2, 0.25) is 0 Å². The SMILES string of the molecule is CCn1c2ccc(S(=O)(=O)Cl)cc2c2ccnc(C(=O)NC)c21. The molecule has 120 valence electrons. The molecule has 2 aromatic heterocycles. The van der Waals surface area contributed by atoms with Crippen LogP contribution in [0.4, 0.5) is 0 Å². The first-order valence-electron chi connectivity index (χ1n) is 6.96. The number of carbonyl (C=O) groups is 1. The smallest absolute Gasteiger partial charge is 0.271 e. The van der Waals surface area contributed by atoms with Gasteiger partial charge < -0.3 is 9.88 Å². The molecule has 0 unspecified atom stereocenters. The molecule has 0 aliphatic heterocycles. The highest BCUT2D eigenvalue weighted by molar-refractivity contribution is 8.13. The number of aryl methyl sites for hydroxylation is 1. The summed E-state index contributed by atoms with van der Waals surface area (Å²) in [5.74, 6) is -0.293. The average Bonchev–Trinajstić information content (AvgIpc) is 2.86. The maximum atomic E-state index is 12.1. The fourth-order valence-corrected chi connectivity index (χ4v) is 3.57. The van der Waals surface area contributed by atoms with E-state index in [1.165, 1.54) is 18.3 Å². The normalized spacial score (nSPS) is 12.0. The van der Waals surface area contributed by atoms with E-state index in [0.717, 1.165) is 16.3 Å². The number of halogens is 1. The van der Waals surface area contributed by atoms with Gasteiger partial charge in [0.25, 0.3) is 15.0 Å². The minimum absolute atomic E-state index is 0.0279. The molecule has 0 atom stereocenters. The van der Waals surface area contributed by atoms with Crippen LogP contribution in [-0.2, 0) is 15.6 Å². The summed E-state index contributed by atoms with van der Waals surface area (Å²) in [6.07, 6.45) is 1.54. The van der Waals surface area contributed by atoms with Crippen molar-refractivity contribution in [3.63, 3.8) is 0 Å². The van der Waals surface area contributed by atoms with Crippen molar-refractivity contribution in [1.29, 1.82) is 0 Å². The quantitative estimate of drug-likeness (QED) is 0.735. The molecule has 0 aliphatic carbocycles. The highest BCUT2D eigenvalue weighted by Gasteiger charge is 2.20. The van der Waals surface area contributed by atoms with Crippen molar-refractivity contribution in [2.75, 3.05) is 7.05 Å². The highest BCUT2D eigenvalue weighted by atomic mass is 35.7. The molecule has 0 bridgehead atoms. The van der Waals surface area contributed by atoms with Gasteiger partial charge >= 0.3 is 0 Å². The van der Waals surface area contributed by atoms with Gasteiger partial charge in [0, 0.05) is 46.8 Å². The van der Waals surface area contributed by atoms with Crippen LogP contribution in [0.1, 0.15) is 17.4 Å². The van der Waals surface area contributed by atoms with Crippen LogP contribution in [0.5, 0.6) is 0 Å². The summed E-state index contributed by atoms with van der Waals surface area (Å²) in [5, 5.41) is 4.05. The first-order chi connectivity index (χ1) is 10.9. The molecule has 1 aromatic carbocycles. The third-order valence-corrected chi connectivity index (χ3v) is 5.13. The Hall–Kier alpha value is -2.12. The minimum atomic E-state index is -3.82. The van der Waals surface area contributed by atoms with Gasteiger partial charge in [-0.2, -0.15) is 0 Å². The Morgan fingerprint density at radius 1 is 1.30 bits per heavy atom. The summed E-state index contributed by atoms with van der Waals surface area (Å²) < 4.78 is 25.1. The number of nitrogens with one attached hydrogen (secondary N) is 1. The zero-order valence-corrected chi connectivity index (χ0v) is 14.1. The second kappa shape index (κ2) is 5.50. The second-order valence-electron chi connectivity index (χ2n) is 5.00. The fourth-order valence-electron chi connectivity index (χ4n) is 2.80. The number of hydrogen-bond donors (Lipinski definition) is 1. The van der Waals surface area contributed by atoms with Crippen molar-refractivity contribution in [2.45, 2.75) is 18.4 Å². The number of carbonyl (C=O) groups excluding carboxylic acids is 1. The van der Waals surface area contributed by atoms with Crippen LogP contribution in [0, 0.1) is 0 Å². The van der Waals surface area contributed by atoms with Crippen LogP contribution in [0.15, 0.2) is 35.4 Å². The second-order valence-corrected chi connectivity index (χ2v) is 7.56. The van der Waals surface area contributed by atoms with E-state index in [0.29, 0.717) is 17.8 Å². The van der Waals surface area contributed by atoms with E-state index >= 15 is 0 Å². The van der Waals surface area contributed by atoms with Gasteiger partial charge in [-0.25, -0.2) is 13.4 Å². The van der Waals surface area contributed by atoms with Crippen LogP contribution < -0.4 is 5.32 Å². The summed E-state index contributed by atoms with van der Waals surface area (Å²) >= 11 is 0. The van der Waals surface area contributed by atoms with E-state index in [9.17, 15) is 13.2 Å². The van der Waals surface area contributed by atoms with E-state index in [2.05, 4.69) is 10.3 Å². The summed E-state index contributed by atoms with van der Waals surface area (Å²) in [4.78, 5) is 16.3. The molecule has 0 spiro atoms. The Kier molecular flexibility index (Phi) is 3.77. The minimum Gasteiger partial charge on any atom is -0.354 e. The van der Waals surface area contributed by atoms with Crippen LogP contribution in [-0.4, -0.2) is 30.9 Å². The lowest BCUT2D eigenvalue weighted by atomic mass is 10.1. The molecule has 3 aromatic rings. The predicted octanol–water partition coefficient (Wildman–Crippen LogP) is 2.50. The maximum absolute atomic E-state index is 12.1. The molecular weight excluding hydrogens is 338 g/mol. The molecule has 0 saturated heterocycles. The van der Waals surface area contributed by atoms with E-state index in [4.69, 9.17) is 10.7 Å². The molecule has 1 amide bonds. The van der Waals surface area contributed by atoms with Crippen molar-refractivity contribution in [1.82, 2.24) is 14.9 Å². The molecule has 3 rings (SSSR count). The first-order valence-corrected chi connectivity index (χ1v) is 9.27. The third kappa shape index (κ3) is 2.46. The lowest BCUT2D eigenvalue weighted by Gasteiger charge is -2.06. The van der Waals surface area contributed by atoms with Crippen LogP contribution >= 0.6 is 10.7 Å². The van der Waals surface area contributed by atoms with Gasteiger partial charge in [-0.1, -0.05) is 0 Å². The molecule has 0 radical (unpaired) electrons. The van der Waals surface area contributed by atoms with E-state index in [-0.39, 0.29) is 10.8 Å². The summed E-state index contributed by atoms with van der Waals surface area (Å²) in [6, 6.07) is 6.45. The van der Waals surface area contributed by atoms with Crippen LogP contribution in [0.3, 0.4) is 0 Å². The van der Waals surface area contributed by atoms with Crippen molar-refractivity contribution >= 4 is 47.4 Å². The number of hydrogen-bond acceptors (Lipinski definition) is 4. The van der Waals surface area contributed by atoms with Crippen molar-refractivity contribution in [3.05, 3.63) is 36.2 Å². The topological polar surface area (TPSA) is 81.1 Å². The number of pyridine rings is 1. The van der Waals surface area contributed by atoms with Crippen molar-refractivity contribution < 1.29 is 13.2 Å². The number of benzene rings is 1. The number of nitrogens with zero attached hydrogens (tertiary/aromatic N) is 2. The molecule has 2 heterocycles. The van der Waals surface area contributed by atoms with Crippen molar-refractivity contribution in [2.24, 2.45) is 0 Å². The molecule has 0 fully saturated rings. The first kappa shape index (κ1) is 15.8. The molecule has 0 saturated carbocycles. The zero-order valence-electron chi connectivity index (χ0n) is 12.5. The van der Waals surface area contributed by atoms with Gasteiger partial charge in [-0.05, 0) is 31.2 Å². The number of fused-ring (bicyclic) bond motifs is 3. The predicted molar refractivity (Wildman–Crippen MR) is 89.3 cm³/mol. The molecule has 23 heavy (non-hydrogen) atoms. The van der Waals surface area contributed by atoms with Gasteiger partial charge in [-0.15, -0.1) is 0 Å². The maximum Gasteiger partial charge on any atom is 0.271 e. The molecule has 0 aliphatic rings. The summed E-state index contributed by atoms with van der Waals surface area (Å²) in [6.45, 7) is 2.56. The number of aromatic nitrogens is 2. The standard InChI is InChI=1S/C15H14ClN3O3S/c1-3-19-12-5-4-9(23(16,21)22)8-11(12)10-6-7-18-13(14(10)19)15(20)17-2/h4-8H,3H2,1-2H3,(H,17,20). The lowest BCUT2D eigenvalue weighted by Crippen LogP contribution is -2.20. The molecular formula is C15H14ClN3O3S. The van der Waals surface area contributed by atoms with Gasteiger partial charge in [0.15, 0.2) is 5.69 Å². The van der Waals surface area contributed by atoms with Gasteiger partial charge in [0.2, 0.25) is 0 Å². The molecule has 8 heteroatoms. The largest absolute Gasteiger partial charge is 0.354 e. The molecule has 1 N–H and O–H groups in total. The summed E-state index contributed by atoms with van der Waals surface area (Å²) in [7, 11) is 3.16. The number of rotatable bonds is 3. The van der Waals surface area contributed by atoms with E-state index in [1.54, 1.807) is 19.2 Å². The van der Waals surface area contributed by atoms with E-state index in [1.807, 2.05) is 11.5 Å². The fraction of sp³-hybridized carbons (Fsp3) is 0.200. The van der Waals surface area contributed by atoms with E-state index < -0.39 is 9.05 Å². The lowest BCUT2D eigenvalue weighted by molar-refractivity contribution is 0.0959. The van der Waals surface area contributed by atoms with Crippen molar-refractivity contribution in [3.8, 4) is 0 Å². The highest BCUT2D eigenvalue weighted by Crippen LogP contribution is 2.32. The Labute approximate surface area is 137 Å². The van der Waals surface area contributed by atoms with Gasteiger partial charge in [0.05, 0.1) is 10.4 Å². The third-order valence-electron chi connectivity index (χ3n) is 3.78.